The third-order valence-corrected chi connectivity index (χ3v) is 4.62. The topological polar surface area (TPSA) is 124 Å². The van der Waals surface area contributed by atoms with Gasteiger partial charge in [0.25, 0.3) is 5.91 Å². The number of aliphatic hydroxyl groups excluding tert-OH is 2. The zero-order chi connectivity index (χ0) is 24.2. The van der Waals surface area contributed by atoms with Crippen molar-refractivity contribution in [1.29, 1.82) is 0 Å². The average Bonchev–Trinajstić information content (AvgIpc) is 2.79. The standard InChI is InChI=1S/C20H22F3IN4O5/c21-15-10-13(24)1-2-16(15)27-19-14(20(31)28-33-7-4-25-3-5-29)9-12(17(22)18(19)23)11-26-32-8-6-30/h1-2,9-11,25,27,29-30H,3-8H2,(H,28,31). The second-order valence-electron chi connectivity index (χ2n) is 6.31. The van der Waals surface area contributed by atoms with Gasteiger partial charge in [0.1, 0.15) is 12.4 Å². The zero-order valence-electron chi connectivity index (χ0n) is 17.2. The number of nitrogens with zero attached hydrogens (tertiary/aromatic N) is 1. The molecule has 2 aromatic rings. The van der Waals surface area contributed by atoms with Crippen LogP contribution >= 0.6 is 22.6 Å². The van der Waals surface area contributed by atoms with Gasteiger partial charge in [-0.25, -0.2) is 18.7 Å². The molecule has 0 aromatic heterocycles. The molecule has 0 saturated heterocycles. The van der Waals surface area contributed by atoms with Gasteiger partial charge in [-0.15, -0.1) is 0 Å². The van der Waals surface area contributed by atoms with Crippen molar-refractivity contribution in [1.82, 2.24) is 10.8 Å². The fourth-order valence-electron chi connectivity index (χ4n) is 2.45. The number of carbonyl (C=O) groups is 1. The lowest BCUT2D eigenvalue weighted by Crippen LogP contribution is -2.30. The minimum absolute atomic E-state index is 0.0211. The van der Waals surface area contributed by atoms with E-state index in [1.165, 1.54) is 12.1 Å². The summed E-state index contributed by atoms with van der Waals surface area (Å²) in [6.45, 7) is 0.0778. The number of rotatable bonds is 13. The molecule has 5 N–H and O–H groups in total. The van der Waals surface area contributed by atoms with Crippen LogP contribution in [0.3, 0.4) is 0 Å². The third kappa shape index (κ3) is 8.12. The molecule has 0 unspecified atom stereocenters. The fourth-order valence-corrected chi connectivity index (χ4v) is 2.91. The molecule has 180 valence electrons. The molecule has 0 heterocycles. The van der Waals surface area contributed by atoms with Crippen LogP contribution in [0.1, 0.15) is 15.9 Å². The molecular formula is C20H22F3IN4O5. The molecule has 1 amide bonds. The second-order valence-corrected chi connectivity index (χ2v) is 7.56. The monoisotopic (exact) mass is 582 g/mol. The van der Waals surface area contributed by atoms with E-state index in [4.69, 9.17) is 15.1 Å². The van der Waals surface area contributed by atoms with Crippen LogP contribution in [0, 0.1) is 21.0 Å². The molecule has 2 rings (SSSR count). The minimum Gasteiger partial charge on any atom is -0.395 e. The Labute approximate surface area is 201 Å². The summed E-state index contributed by atoms with van der Waals surface area (Å²) >= 11 is 1.89. The first-order valence-corrected chi connectivity index (χ1v) is 10.7. The lowest BCUT2D eigenvalue weighted by molar-refractivity contribution is 0.0322. The molecular weight excluding hydrogens is 560 g/mol. The molecule has 0 aliphatic heterocycles. The first-order chi connectivity index (χ1) is 15.9. The molecule has 0 fully saturated rings. The van der Waals surface area contributed by atoms with Gasteiger partial charge in [-0.05, 0) is 46.9 Å². The van der Waals surface area contributed by atoms with Gasteiger partial charge in [0.2, 0.25) is 0 Å². The zero-order valence-corrected chi connectivity index (χ0v) is 19.4. The van der Waals surface area contributed by atoms with Crippen molar-refractivity contribution >= 4 is 46.1 Å². The number of amides is 1. The summed E-state index contributed by atoms with van der Waals surface area (Å²) in [5.74, 6) is -4.48. The Morgan fingerprint density at radius 3 is 2.58 bits per heavy atom. The van der Waals surface area contributed by atoms with Crippen molar-refractivity contribution in [3.05, 3.63) is 56.4 Å². The molecule has 13 heteroatoms. The van der Waals surface area contributed by atoms with Gasteiger partial charge in [0, 0.05) is 22.2 Å². The van der Waals surface area contributed by atoms with Gasteiger partial charge in [-0.2, -0.15) is 0 Å². The van der Waals surface area contributed by atoms with Crippen LogP contribution in [-0.4, -0.2) is 61.9 Å². The number of oxime groups is 1. The highest BCUT2D eigenvalue weighted by Gasteiger charge is 2.23. The van der Waals surface area contributed by atoms with Gasteiger partial charge >= 0.3 is 0 Å². The Hall–Kier alpha value is -2.46. The number of hydrogen-bond donors (Lipinski definition) is 5. The smallest absolute Gasteiger partial charge is 0.277 e. The number of hydroxylamine groups is 1. The molecule has 0 aliphatic carbocycles. The van der Waals surface area contributed by atoms with E-state index in [1.807, 2.05) is 22.6 Å². The fraction of sp³-hybridized carbons (Fsp3) is 0.300. The van der Waals surface area contributed by atoms with Gasteiger partial charge in [0.05, 0.1) is 43.0 Å². The predicted octanol–water partition coefficient (Wildman–Crippen LogP) is 2.04. The predicted molar refractivity (Wildman–Crippen MR) is 123 cm³/mol. The van der Waals surface area contributed by atoms with Crippen LogP contribution in [0.4, 0.5) is 24.5 Å². The summed E-state index contributed by atoms with van der Waals surface area (Å²) in [5, 5.41) is 26.1. The van der Waals surface area contributed by atoms with E-state index in [2.05, 4.69) is 26.1 Å². The molecule has 0 radical (unpaired) electrons. The first-order valence-electron chi connectivity index (χ1n) is 9.63. The van der Waals surface area contributed by atoms with Crippen molar-refractivity contribution in [2.24, 2.45) is 5.16 Å². The van der Waals surface area contributed by atoms with Crippen molar-refractivity contribution < 1.29 is 37.9 Å². The Morgan fingerprint density at radius 1 is 1.09 bits per heavy atom. The molecule has 9 nitrogen and oxygen atoms in total. The van der Waals surface area contributed by atoms with Crippen LogP contribution < -0.4 is 16.1 Å². The quantitative estimate of drug-likeness (QED) is 0.106. The SMILES string of the molecule is O=C(NOCCNCCO)c1cc(C=NOCCO)c(F)c(F)c1Nc1ccc(I)cc1F. The van der Waals surface area contributed by atoms with E-state index in [9.17, 15) is 18.0 Å². The minimum atomic E-state index is -1.45. The number of anilines is 2. The molecule has 33 heavy (non-hydrogen) atoms. The van der Waals surface area contributed by atoms with Crippen molar-refractivity contribution in [2.45, 2.75) is 0 Å². The van der Waals surface area contributed by atoms with Gasteiger partial charge in [-0.3, -0.25) is 9.63 Å². The average molecular weight is 582 g/mol. The van der Waals surface area contributed by atoms with E-state index in [0.717, 1.165) is 12.3 Å². The number of hydrogen-bond acceptors (Lipinski definition) is 8. The van der Waals surface area contributed by atoms with E-state index < -0.39 is 40.2 Å². The summed E-state index contributed by atoms with van der Waals surface area (Å²) in [6, 6.07) is 5.03. The Balaban J connectivity index is 2.33. The van der Waals surface area contributed by atoms with E-state index in [0.29, 0.717) is 16.7 Å². The highest BCUT2D eigenvalue weighted by Crippen LogP contribution is 2.30. The van der Waals surface area contributed by atoms with Crippen LogP contribution in [-0.2, 0) is 9.68 Å². The second kappa shape index (κ2) is 13.9. The van der Waals surface area contributed by atoms with Gasteiger partial charge in [-0.1, -0.05) is 5.16 Å². The summed E-state index contributed by atoms with van der Waals surface area (Å²) < 4.78 is 44.4. The van der Waals surface area contributed by atoms with Crippen LogP contribution in [0.25, 0.3) is 0 Å². The van der Waals surface area contributed by atoms with Crippen LogP contribution in [0.5, 0.6) is 0 Å². The van der Waals surface area contributed by atoms with Crippen molar-refractivity contribution in [3.63, 3.8) is 0 Å². The normalized spacial score (nSPS) is 11.1. The summed E-state index contributed by atoms with van der Waals surface area (Å²) in [4.78, 5) is 22.3. The first kappa shape index (κ1) is 26.8. The lowest BCUT2D eigenvalue weighted by atomic mass is 10.1. The number of aliphatic hydroxyl groups is 2. The van der Waals surface area contributed by atoms with E-state index in [-0.39, 0.29) is 32.1 Å². The van der Waals surface area contributed by atoms with Gasteiger partial charge < -0.3 is 25.7 Å². The number of carbonyl (C=O) groups excluding carboxylic acids is 1. The lowest BCUT2D eigenvalue weighted by Gasteiger charge is -2.16. The third-order valence-electron chi connectivity index (χ3n) is 3.95. The molecule has 0 spiro atoms. The maximum Gasteiger partial charge on any atom is 0.277 e. The van der Waals surface area contributed by atoms with Gasteiger partial charge in [0.15, 0.2) is 11.6 Å². The Bertz CT molecular complexity index is 981. The summed E-state index contributed by atoms with van der Waals surface area (Å²) in [6.07, 6.45) is 0.833. The maximum atomic E-state index is 14.9. The van der Waals surface area contributed by atoms with E-state index >= 15 is 0 Å². The number of halogens is 4. The van der Waals surface area contributed by atoms with Crippen LogP contribution in [0.15, 0.2) is 29.4 Å². The van der Waals surface area contributed by atoms with Crippen molar-refractivity contribution in [3.8, 4) is 0 Å². The number of benzene rings is 2. The highest BCUT2D eigenvalue weighted by molar-refractivity contribution is 14.1. The molecule has 0 bridgehead atoms. The molecule has 0 aliphatic rings. The molecule has 0 atom stereocenters. The summed E-state index contributed by atoms with van der Waals surface area (Å²) in [5.41, 5.74) is 0.502. The highest BCUT2D eigenvalue weighted by atomic mass is 127. The Morgan fingerprint density at radius 2 is 1.88 bits per heavy atom. The molecule has 0 saturated carbocycles. The largest absolute Gasteiger partial charge is 0.395 e. The van der Waals surface area contributed by atoms with Crippen molar-refractivity contribution in [2.75, 3.05) is 44.8 Å². The van der Waals surface area contributed by atoms with E-state index in [1.54, 1.807) is 6.07 Å². The molecule has 2 aromatic carbocycles. The summed E-state index contributed by atoms with van der Waals surface area (Å²) in [7, 11) is 0. The Kier molecular flexibility index (Phi) is 11.3. The maximum absolute atomic E-state index is 14.9. The van der Waals surface area contributed by atoms with Crippen LogP contribution in [0.2, 0.25) is 0 Å². The number of nitrogens with one attached hydrogen (secondary N) is 3.